The molecule has 7 nitrogen and oxygen atoms in total. The molecule has 4 aromatic rings. The van der Waals surface area contributed by atoms with E-state index in [2.05, 4.69) is 20.1 Å². The van der Waals surface area contributed by atoms with E-state index in [1.165, 1.54) is 31.7 Å². The van der Waals surface area contributed by atoms with Crippen LogP contribution in [0.2, 0.25) is 0 Å². The van der Waals surface area contributed by atoms with Crippen molar-refractivity contribution < 1.29 is 14.2 Å². The molecular formula is C29H30FN5O2. The van der Waals surface area contributed by atoms with E-state index in [1.807, 2.05) is 37.4 Å². The standard InChI is InChI=1S/C29H30FN5O2/c1-18-14-35-15-20(11-24(30)28(35)31-18)19-3-4-23(27(36)12-19)26-6-5-25(32-33-26)21-16-34(17-21)22-7-10-37-29(13-22)8-2-9-29/h3-6,11-12,14-15,21-22,36H,2,7-10,13,16-17H2,1H3. The Morgan fingerprint density at radius 2 is 1.92 bits per heavy atom. The van der Waals surface area contributed by atoms with Gasteiger partial charge in [-0.15, -0.1) is 0 Å². The first-order valence-corrected chi connectivity index (χ1v) is 13.2. The van der Waals surface area contributed by atoms with Crippen LogP contribution in [0.25, 0.3) is 28.0 Å². The minimum atomic E-state index is -0.399. The third-order valence-corrected chi connectivity index (χ3v) is 8.50. The van der Waals surface area contributed by atoms with Gasteiger partial charge in [-0.3, -0.25) is 4.90 Å². The van der Waals surface area contributed by atoms with Crippen molar-refractivity contribution in [2.45, 2.75) is 56.6 Å². The molecule has 1 N–H and O–H groups in total. The summed E-state index contributed by atoms with van der Waals surface area (Å²) in [5.41, 5.74) is 4.81. The van der Waals surface area contributed by atoms with Gasteiger partial charge in [0.05, 0.1) is 22.7 Å². The number of likely N-dealkylation sites (tertiary alicyclic amines) is 1. The molecule has 1 atom stereocenters. The predicted octanol–water partition coefficient (Wildman–Crippen LogP) is 5.11. The number of hydrogen-bond donors (Lipinski definition) is 1. The van der Waals surface area contributed by atoms with E-state index < -0.39 is 5.82 Å². The molecule has 0 amide bonds. The van der Waals surface area contributed by atoms with Crippen LogP contribution in [0.5, 0.6) is 5.75 Å². The summed E-state index contributed by atoms with van der Waals surface area (Å²) in [6, 6.07) is 11.3. The summed E-state index contributed by atoms with van der Waals surface area (Å²) < 4.78 is 22.3. The molecule has 3 aliphatic rings. The average Bonchev–Trinajstić information content (AvgIpc) is 3.24. The van der Waals surface area contributed by atoms with E-state index in [-0.39, 0.29) is 11.4 Å². The zero-order valence-corrected chi connectivity index (χ0v) is 20.9. The highest BCUT2D eigenvalue weighted by Crippen LogP contribution is 2.45. The Labute approximate surface area is 214 Å². The van der Waals surface area contributed by atoms with Crippen LogP contribution >= 0.6 is 0 Å². The predicted molar refractivity (Wildman–Crippen MR) is 138 cm³/mol. The Kier molecular flexibility index (Phi) is 5.30. The fraction of sp³-hybridized carbons (Fsp3) is 0.414. The number of hydrogen-bond acceptors (Lipinski definition) is 6. The summed E-state index contributed by atoms with van der Waals surface area (Å²) in [7, 11) is 0. The van der Waals surface area contributed by atoms with Crippen molar-refractivity contribution in [1.29, 1.82) is 0 Å². The number of aryl methyl sites for hydroxylation is 1. The number of phenolic OH excluding ortho intramolecular Hbond substituents is 1. The Morgan fingerprint density at radius 3 is 2.65 bits per heavy atom. The maximum absolute atomic E-state index is 14.5. The Balaban J connectivity index is 1.04. The molecule has 1 aromatic carbocycles. The first-order chi connectivity index (χ1) is 18.0. The minimum Gasteiger partial charge on any atom is -0.507 e. The highest BCUT2D eigenvalue weighted by atomic mass is 19.1. The third-order valence-electron chi connectivity index (χ3n) is 8.50. The monoisotopic (exact) mass is 499 g/mol. The van der Waals surface area contributed by atoms with E-state index in [1.54, 1.807) is 16.7 Å². The first kappa shape index (κ1) is 22.8. The number of nitrogens with zero attached hydrogens (tertiary/aromatic N) is 5. The van der Waals surface area contributed by atoms with Crippen LogP contribution in [-0.4, -0.2) is 60.9 Å². The van der Waals surface area contributed by atoms with Gasteiger partial charge in [0.2, 0.25) is 0 Å². The Bertz CT molecular complexity index is 1470. The molecule has 5 heterocycles. The summed E-state index contributed by atoms with van der Waals surface area (Å²) in [6.07, 6.45) is 9.63. The molecule has 190 valence electrons. The van der Waals surface area contributed by atoms with Gasteiger partial charge in [-0.2, -0.15) is 10.2 Å². The lowest BCUT2D eigenvalue weighted by Crippen LogP contribution is -2.57. The van der Waals surface area contributed by atoms with Gasteiger partial charge < -0.3 is 14.2 Å². The average molecular weight is 500 g/mol. The first-order valence-electron chi connectivity index (χ1n) is 13.2. The number of phenols is 1. The van der Waals surface area contributed by atoms with Crippen molar-refractivity contribution in [3.63, 3.8) is 0 Å². The van der Waals surface area contributed by atoms with Crippen molar-refractivity contribution in [3.8, 4) is 28.1 Å². The van der Waals surface area contributed by atoms with Crippen LogP contribution in [0.1, 0.15) is 49.4 Å². The van der Waals surface area contributed by atoms with Crippen LogP contribution in [0.3, 0.4) is 0 Å². The van der Waals surface area contributed by atoms with Gasteiger partial charge in [-0.1, -0.05) is 6.07 Å². The molecule has 1 aliphatic carbocycles. The summed E-state index contributed by atoms with van der Waals surface area (Å²) in [5.74, 6) is 0.0833. The van der Waals surface area contributed by atoms with Crippen LogP contribution in [-0.2, 0) is 4.74 Å². The quantitative estimate of drug-likeness (QED) is 0.421. The molecule has 2 aliphatic heterocycles. The molecule has 7 rings (SSSR count). The van der Waals surface area contributed by atoms with E-state index in [0.29, 0.717) is 40.0 Å². The fourth-order valence-corrected chi connectivity index (χ4v) is 6.20. The van der Waals surface area contributed by atoms with Crippen LogP contribution < -0.4 is 0 Å². The highest BCUT2D eigenvalue weighted by Gasteiger charge is 2.46. The summed E-state index contributed by atoms with van der Waals surface area (Å²) in [6.45, 7) is 4.75. The van der Waals surface area contributed by atoms with Gasteiger partial charge in [0.15, 0.2) is 11.5 Å². The van der Waals surface area contributed by atoms with Crippen LogP contribution in [0.4, 0.5) is 4.39 Å². The number of aromatic hydroxyl groups is 1. The smallest absolute Gasteiger partial charge is 0.173 e. The number of aromatic nitrogens is 4. The van der Waals surface area contributed by atoms with E-state index in [0.717, 1.165) is 37.5 Å². The Hall–Kier alpha value is -3.36. The lowest BCUT2D eigenvalue weighted by atomic mass is 9.73. The fourth-order valence-electron chi connectivity index (χ4n) is 6.20. The molecule has 37 heavy (non-hydrogen) atoms. The second kappa shape index (κ2) is 8.60. The van der Waals surface area contributed by atoms with Gasteiger partial charge in [0.1, 0.15) is 5.75 Å². The van der Waals surface area contributed by atoms with E-state index in [9.17, 15) is 9.50 Å². The zero-order chi connectivity index (χ0) is 25.1. The SMILES string of the molecule is Cc1cn2cc(-c3ccc(-c4ccc(C5CN(C6CCOC7(CCC7)C6)C5)nn4)c(O)c3)cc(F)c2n1. The van der Waals surface area contributed by atoms with Gasteiger partial charge in [-0.25, -0.2) is 9.37 Å². The minimum absolute atomic E-state index is 0.0844. The van der Waals surface area contributed by atoms with E-state index >= 15 is 0 Å². The third kappa shape index (κ3) is 3.99. The summed E-state index contributed by atoms with van der Waals surface area (Å²) >= 11 is 0. The molecule has 1 unspecified atom stereocenters. The second-order valence-corrected chi connectivity index (χ2v) is 10.9. The molecular weight excluding hydrogens is 469 g/mol. The van der Waals surface area contributed by atoms with Gasteiger partial charge in [0.25, 0.3) is 0 Å². The highest BCUT2D eigenvalue weighted by molar-refractivity contribution is 5.74. The van der Waals surface area contributed by atoms with Crippen molar-refractivity contribution in [3.05, 3.63) is 66.0 Å². The summed E-state index contributed by atoms with van der Waals surface area (Å²) in [5, 5.41) is 19.7. The second-order valence-electron chi connectivity index (χ2n) is 10.9. The van der Waals surface area contributed by atoms with Gasteiger partial charge >= 0.3 is 0 Å². The zero-order valence-electron chi connectivity index (χ0n) is 20.9. The number of imidazole rings is 1. The normalized spacial score (nSPS) is 21.7. The maximum Gasteiger partial charge on any atom is 0.173 e. The topological polar surface area (TPSA) is 75.8 Å². The summed E-state index contributed by atoms with van der Waals surface area (Å²) in [4.78, 5) is 6.79. The van der Waals surface area contributed by atoms with Crippen LogP contribution in [0, 0.1) is 12.7 Å². The number of pyridine rings is 1. The van der Waals surface area contributed by atoms with Crippen molar-refractivity contribution in [1.82, 2.24) is 24.5 Å². The lowest BCUT2D eigenvalue weighted by molar-refractivity contribution is -0.155. The molecule has 1 saturated carbocycles. The Morgan fingerprint density at radius 1 is 1.05 bits per heavy atom. The number of ether oxygens (including phenoxy) is 1. The largest absolute Gasteiger partial charge is 0.507 e. The van der Waals surface area contributed by atoms with E-state index in [4.69, 9.17) is 4.74 Å². The molecule has 1 spiro atoms. The van der Waals surface area contributed by atoms with Crippen LogP contribution in [0.15, 0.2) is 48.8 Å². The van der Waals surface area contributed by atoms with Gasteiger partial charge in [-0.05, 0) is 74.9 Å². The lowest BCUT2D eigenvalue weighted by Gasteiger charge is -2.53. The maximum atomic E-state index is 14.5. The van der Waals surface area contributed by atoms with Crippen molar-refractivity contribution >= 4 is 5.65 Å². The van der Waals surface area contributed by atoms with Crippen molar-refractivity contribution in [2.75, 3.05) is 19.7 Å². The number of benzene rings is 1. The van der Waals surface area contributed by atoms with Gasteiger partial charge in [0, 0.05) is 55.2 Å². The molecule has 0 radical (unpaired) electrons. The number of halogens is 1. The van der Waals surface area contributed by atoms with Crippen molar-refractivity contribution in [2.24, 2.45) is 0 Å². The molecule has 0 bridgehead atoms. The molecule has 3 aromatic heterocycles. The molecule has 2 saturated heterocycles. The number of fused-ring (bicyclic) bond motifs is 1. The number of rotatable bonds is 4. The molecule has 3 fully saturated rings. The molecule has 8 heteroatoms.